The van der Waals surface area contributed by atoms with Gasteiger partial charge in [0.2, 0.25) is 15.9 Å². The summed E-state index contributed by atoms with van der Waals surface area (Å²) < 4.78 is 23.0. The zero-order valence-electron chi connectivity index (χ0n) is 12.7. The Balaban J connectivity index is 1.67. The van der Waals surface area contributed by atoms with Gasteiger partial charge in [-0.2, -0.15) is 0 Å². The van der Waals surface area contributed by atoms with Crippen LogP contribution in [0.15, 0.2) is 23.1 Å². The van der Waals surface area contributed by atoms with Crippen molar-refractivity contribution < 1.29 is 13.2 Å². The fraction of sp³-hybridized carbons (Fsp3) is 0.562. The highest BCUT2D eigenvalue weighted by atomic mass is 32.2. The van der Waals surface area contributed by atoms with E-state index in [-0.39, 0.29) is 10.8 Å². The number of anilines is 1. The summed E-state index contributed by atoms with van der Waals surface area (Å²) in [6.45, 7) is 1.68. The SMILES string of the molecule is Cc1ccc(NC(=O)C[C@@H]2C[C@@H]3CC[C@@H]2C3)cc1S(N)(=O)=O. The molecule has 2 fully saturated rings. The maximum atomic E-state index is 12.2. The van der Waals surface area contributed by atoms with Crippen molar-refractivity contribution in [1.82, 2.24) is 0 Å². The second kappa shape index (κ2) is 5.66. The molecule has 0 saturated heterocycles. The van der Waals surface area contributed by atoms with Gasteiger partial charge in [0, 0.05) is 12.1 Å². The molecule has 0 unspecified atom stereocenters. The van der Waals surface area contributed by atoms with E-state index in [9.17, 15) is 13.2 Å². The van der Waals surface area contributed by atoms with Crippen LogP contribution in [0.2, 0.25) is 0 Å². The Morgan fingerprint density at radius 2 is 2.09 bits per heavy atom. The molecule has 22 heavy (non-hydrogen) atoms. The molecule has 0 aromatic heterocycles. The molecule has 1 amide bonds. The van der Waals surface area contributed by atoms with Crippen LogP contribution in [0.25, 0.3) is 0 Å². The summed E-state index contributed by atoms with van der Waals surface area (Å²) in [5, 5.41) is 8.00. The lowest BCUT2D eigenvalue weighted by atomic mass is 9.86. The minimum atomic E-state index is -3.77. The van der Waals surface area contributed by atoms with E-state index in [0.29, 0.717) is 29.5 Å². The van der Waals surface area contributed by atoms with Gasteiger partial charge in [-0.3, -0.25) is 4.79 Å². The smallest absolute Gasteiger partial charge is 0.238 e. The number of nitrogens with two attached hydrogens (primary N) is 1. The molecule has 1 aromatic rings. The monoisotopic (exact) mass is 322 g/mol. The predicted octanol–water partition coefficient (Wildman–Crippen LogP) is 2.41. The molecule has 2 aliphatic carbocycles. The van der Waals surface area contributed by atoms with Crippen LogP contribution in [0, 0.1) is 24.7 Å². The summed E-state index contributed by atoms with van der Waals surface area (Å²) in [6, 6.07) is 4.80. The predicted molar refractivity (Wildman–Crippen MR) is 84.7 cm³/mol. The Labute approximate surface area is 131 Å². The number of rotatable bonds is 4. The quantitative estimate of drug-likeness (QED) is 0.892. The number of primary sulfonamides is 1. The lowest BCUT2D eigenvalue weighted by molar-refractivity contribution is -0.117. The molecule has 3 N–H and O–H groups in total. The van der Waals surface area contributed by atoms with Crippen LogP contribution in [0.3, 0.4) is 0 Å². The molecular weight excluding hydrogens is 300 g/mol. The summed E-state index contributed by atoms with van der Waals surface area (Å²) >= 11 is 0. The van der Waals surface area contributed by atoms with Gasteiger partial charge < -0.3 is 5.32 Å². The molecule has 2 saturated carbocycles. The highest BCUT2D eigenvalue weighted by molar-refractivity contribution is 7.89. The highest BCUT2D eigenvalue weighted by Crippen LogP contribution is 2.49. The number of aryl methyl sites for hydroxylation is 1. The molecule has 120 valence electrons. The molecule has 3 rings (SSSR count). The first-order valence-electron chi connectivity index (χ1n) is 7.76. The van der Waals surface area contributed by atoms with Crippen LogP contribution in [0.4, 0.5) is 5.69 Å². The number of carbonyl (C=O) groups excluding carboxylic acids is 1. The summed E-state index contributed by atoms with van der Waals surface area (Å²) in [5.41, 5.74) is 1.07. The van der Waals surface area contributed by atoms with Crippen molar-refractivity contribution in [1.29, 1.82) is 0 Å². The van der Waals surface area contributed by atoms with Gasteiger partial charge in [-0.25, -0.2) is 13.6 Å². The Bertz CT molecular complexity index is 699. The maximum Gasteiger partial charge on any atom is 0.238 e. The largest absolute Gasteiger partial charge is 0.326 e. The molecular formula is C16H22N2O3S. The molecule has 0 radical (unpaired) electrons. The van der Waals surface area contributed by atoms with E-state index in [0.717, 1.165) is 12.3 Å². The van der Waals surface area contributed by atoms with Gasteiger partial charge in [0.1, 0.15) is 0 Å². The number of nitrogens with one attached hydrogen (secondary N) is 1. The van der Waals surface area contributed by atoms with Gasteiger partial charge in [0.15, 0.2) is 0 Å². The number of benzene rings is 1. The van der Waals surface area contributed by atoms with Crippen molar-refractivity contribution in [3.8, 4) is 0 Å². The van der Waals surface area contributed by atoms with E-state index in [2.05, 4.69) is 5.32 Å². The minimum Gasteiger partial charge on any atom is -0.326 e. The van der Waals surface area contributed by atoms with E-state index in [1.807, 2.05) is 0 Å². The third kappa shape index (κ3) is 3.17. The summed E-state index contributed by atoms with van der Waals surface area (Å²) in [5.74, 6) is 1.97. The molecule has 0 spiro atoms. The molecule has 1 aromatic carbocycles. The average Bonchev–Trinajstić information content (AvgIpc) is 3.02. The lowest BCUT2D eigenvalue weighted by Crippen LogP contribution is -2.20. The van der Waals surface area contributed by atoms with Crippen molar-refractivity contribution in [2.75, 3.05) is 5.32 Å². The number of carbonyl (C=O) groups is 1. The summed E-state index contributed by atoms with van der Waals surface area (Å²) in [7, 11) is -3.77. The van der Waals surface area contributed by atoms with Crippen LogP contribution in [0.5, 0.6) is 0 Å². The second-order valence-corrected chi connectivity index (χ2v) is 8.24. The van der Waals surface area contributed by atoms with Crippen LogP contribution < -0.4 is 10.5 Å². The first-order valence-corrected chi connectivity index (χ1v) is 9.31. The topological polar surface area (TPSA) is 89.3 Å². The van der Waals surface area contributed by atoms with Gasteiger partial charge in [0.25, 0.3) is 0 Å². The van der Waals surface area contributed by atoms with E-state index < -0.39 is 10.0 Å². The molecule has 0 heterocycles. The minimum absolute atomic E-state index is 0.0400. The molecule has 3 atom stereocenters. The third-order valence-electron chi connectivity index (χ3n) is 5.11. The summed E-state index contributed by atoms with van der Waals surface area (Å²) in [4.78, 5) is 12.3. The van der Waals surface area contributed by atoms with Gasteiger partial charge in [-0.15, -0.1) is 0 Å². The number of fused-ring (bicyclic) bond motifs is 2. The molecule has 0 aliphatic heterocycles. The van der Waals surface area contributed by atoms with Crippen molar-refractivity contribution in [2.45, 2.75) is 43.9 Å². The molecule has 2 aliphatic rings. The van der Waals surface area contributed by atoms with Crippen LogP contribution in [-0.2, 0) is 14.8 Å². The van der Waals surface area contributed by atoms with E-state index in [1.54, 1.807) is 19.1 Å². The fourth-order valence-corrected chi connectivity index (χ4v) is 4.87. The fourth-order valence-electron chi connectivity index (χ4n) is 4.06. The van der Waals surface area contributed by atoms with Crippen molar-refractivity contribution in [2.24, 2.45) is 22.9 Å². The van der Waals surface area contributed by atoms with Crippen LogP contribution in [-0.4, -0.2) is 14.3 Å². The van der Waals surface area contributed by atoms with E-state index in [4.69, 9.17) is 5.14 Å². The second-order valence-electron chi connectivity index (χ2n) is 6.71. The standard InChI is InChI=1S/C16H22N2O3S/c1-10-2-5-14(9-15(10)22(17,20)21)18-16(19)8-13-7-11-3-4-12(13)6-11/h2,5,9,11-13H,3-4,6-8H2,1H3,(H,18,19)(H2,17,20,21)/t11-,12-,13+/m1/s1. The Hall–Kier alpha value is -1.40. The zero-order chi connectivity index (χ0) is 15.9. The molecule has 2 bridgehead atoms. The van der Waals surface area contributed by atoms with Gasteiger partial charge in [-0.1, -0.05) is 12.5 Å². The van der Waals surface area contributed by atoms with E-state index >= 15 is 0 Å². The van der Waals surface area contributed by atoms with Crippen LogP contribution in [0.1, 0.15) is 37.7 Å². The lowest BCUT2D eigenvalue weighted by Gasteiger charge is -2.21. The normalized spacial score (nSPS) is 27.1. The number of hydrogen-bond acceptors (Lipinski definition) is 3. The number of hydrogen-bond donors (Lipinski definition) is 2. The highest BCUT2D eigenvalue weighted by Gasteiger charge is 2.40. The first-order chi connectivity index (χ1) is 10.3. The van der Waals surface area contributed by atoms with Gasteiger partial charge in [0.05, 0.1) is 4.90 Å². The first kappa shape index (κ1) is 15.5. The Morgan fingerprint density at radius 3 is 2.68 bits per heavy atom. The van der Waals surface area contributed by atoms with Crippen molar-refractivity contribution in [3.05, 3.63) is 23.8 Å². The Morgan fingerprint density at radius 1 is 1.32 bits per heavy atom. The number of amides is 1. The Kier molecular flexibility index (Phi) is 3.99. The zero-order valence-corrected chi connectivity index (χ0v) is 13.5. The molecule has 5 nitrogen and oxygen atoms in total. The molecule has 6 heteroatoms. The third-order valence-corrected chi connectivity index (χ3v) is 6.16. The summed E-state index contributed by atoms with van der Waals surface area (Å²) in [6.07, 6.45) is 5.54. The van der Waals surface area contributed by atoms with Crippen LogP contribution >= 0.6 is 0 Å². The van der Waals surface area contributed by atoms with Crippen molar-refractivity contribution in [3.63, 3.8) is 0 Å². The average molecular weight is 322 g/mol. The van der Waals surface area contributed by atoms with E-state index in [1.165, 1.54) is 25.3 Å². The van der Waals surface area contributed by atoms with Crippen molar-refractivity contribution >= 4 is 21.6 Å². The number of sulfonamides is 1. The van der Waals surface area contributed by atoms with Gasteiger partial charge >= 0.3 is 0 Å². The van der Waals surface area contributed by atoms with Gasteiger partial charge in [-0.05, 0) is 61.6 Å². The maximum absolute atomic E-state index is 12.2.